The van der Waals surface area contributed by atoms with Crippen molar-refractivity contribution in [2.75, 3.05) is 13.7 Å². The molecule has 0 aliphatic carbocycles. The Labute approximate surface area is 131 Å². The van der Waals surface area contributed by atoms with Gasteiger partial charge in [0.05, 0.1) is 7.11 Å². The van der Waals surface area contributed by atoms with Gasteiger partial charge in [-0.2, -0.15) is 0 Å². The number of carbonyl (C=O) groups excluding carboxylic acids is 1. The maximum Gasteiger partial charge on any atom is 0.343 e. The van der Waals surface area contributed by atoms with E-state index in [-0.39, 0.29) is 12.6 Å². The van der Waals surface area contributed by atoms with Gasteiger partial charge in [0.15, 0.2) is 6.61 Å². The van der Waals surface area contributed by atoms with Crippen LogP contribution in [0.4, 0.5) is 0 Å². The lowest BCUT2D eigenvalue weighted by atomic mass is 10.0. The van der Waals surface area contributed by atoms with Crippen LogP contribution in [0.3, 0.4) is 0 Å². The summed E-state index contributed by atoms with van der Waals surface area (Å²) < 4.78 is 9.96. The molecule has 0 amide bonds. The van der Waals surface area contributed by atoms with Crippen molar-refractivity contribution in [3.8, 4) is 5.75 Å². The zero-order valence-corrected chi connectivity index (χ0v) is 13.0. The summed E-state index contributed by atoms with van der Waals surface area (Å²) in [5.41, 5.74) is 2.62. The summed E-state index contributed by atoms with van der Waals surface area (Å²) in [7, 11) is 1.36. The zero-order valence-electron chi connectivity index (χ0n) is 13.0. The van der Waals surface area contributed by atoms with E-state index >= 15 is 0 Å². The van der Waals surface area contributed by atoms with Crippen LogP contribution in [0.15, 0.2) is 54.6 Å². The number of unbranched alkanes of at least 4 members (excludes halogenated alkanes) is 1. The van der Waals surface area contributed by atoms with E-state index in [2.05, 4.69) is 35.1 Å². The molecule has 0 atom stereocenters. The van der Waals surface area contributed by atoms with Gasteiger partial charge in [0.1, 0.15) is 5.75 Å². The first kappa shape index (κ1) is 16.1. The molecule has 0 saturated heterocycles. The van der Waals surface area contributed by atoms with E-state index in [1.165, 1.54) is 18.2 Å². The number of methoxy groups -OCH3 is 1. The Hall–Kier alpha value is -2.29. The van der Waals surface area contributed by atoms with Crippen LogP contribution in [0, 0.1) is 0 Å². The van der Waals surface area contributed by atoms with Gasteiger partial charge in [0.2, 0.25) is 0 Å². The molecule has 0 N–H and O–H groups in total. The fraction of sp³-hybridized carbons (Fsp3) is 0.316. The lowest BCUT2D eigenvalue weighted by Crippen LogP contribution is -2.12. The second-order valence-corrected chi connectivity index (χ2v) is 5.20. The van der Waals surface area contributed by atoms with Crippen molar-refractivity contribution < 1.29 is 14.3 Å². The van der Waals surface area contributed by atoms with Crippen molar-refractivity contribution in [3.05, 3.63) is 65.7 Å². The van der Waals surface area contributed by atoms with Crippen LogP contribution in [0.1, 0.15) is 24.0 Å². The van der Waals surface area contributed by atoms with Crippen molar-refractivity contribution in [1.29, 1.82) is 0 Å². The van der Waals surface area contributed by atoms with Crippen molar-refractivity contribution >= 4 is 5.97 Å². The third-order valence-corrected chi connectivity index (χ3v) is 3.51. The first-order valence-corrected chi connectivity index (χ1v) is 7.60. The lowest BCUT2D eigenvalue weighted by molar-refractivity contribution is -0.142. The molecule has 0 unspecified atom stereocenters. The normalized spacial score (nSPS) is 10.2. The number of carbonyl (C=O) groups is 1. The van der Waals surface area contributed by atoms with Gasteiger partial charge in [-0.3, -0.25) is 0 Å². The predicted octanol–water partition coefficient (Wildman–Crippen LogP) is 3.80. The summed E-state index contributed by atoms with van der Waals surface area (Å²) >= 11 is 0. The van der Waals surface area contributed by atoms with E-state index in [0.29, 0.717) is 5.75 Å². The quantitative estimate of drug-likeness (QED) is 0.549. The summed E-state index contributed by atoms with van der Waals surface area (Å²) in [5.74, 6) is 0.347. The standard InChI is InChI=1S/C19H22O3/c1-21-19(20)15-22-18-13-7-12-17(14-18)11-6-5-10-16-8-3-2-4-9-16/h2-4,7-9,12-14H,5-6,10-11,15H2,1H3. The molecule has 116 valence electrons. The van der Waals surface area contributed by atoms with Crippen LogP contribution in [0.25, 0.3) is 0 Å². The van der Waals surface area contributed by atoms with Gasteiger partial charge in [-0.05, 0) is 48.9 Å². The molecule has 0 radical (unpaired) electrons. The van der Waals surface area contributed by atoms with Crippen LogP contribution in [-0.4, -0.2) is 19.7 Å². The molecule has 0 bridgehead atoms. The fourth-order valence-corrected chi connectivity index (χ4v) is 2.29. The minimum atomic E-state index is -0.367. The molecule has 3 heteroatoms. The van der Waals surface area contributed by atoms with Crippen molar-refractivity contribution in [2.45, 2.75) is 25.7 Å². The molecule has 2 aromatic carbocycles. The average Bonchev–Trinajstić information content (AvgIpc) is 2.58. The maximum atomic E-state index is 11.1. The van der Waals surface area contributed by atoms with Gasteiger partial charge in [0.25, 0.3) is 0 Å². The lowest BCUT2D eigenvalue weighted by Gasteiger charge is -2.07. The number of hydrogen-bond acceptors (Lipinski definition) is 3. The van der Waals surface area contributed by atoms with Crippen LogP contribution in [0.2, 0.25) is 0 Å². The molecule has 2 rings (SSSR count). The van der Waals surface area contributed by atoms with Crippen LogP contribution in [0.5, 0.6) is 5.75 Å². The highest BCUT2D eigenvalue weighted by atomic mass is 16.6. The maximum absolute atomic E-state index is 11.1. The summed E-state index contributed by atoms with van der Waals surface area (Å²) in [6.07, 6.45) is 4.42. The van der Waals surface area contributed by atoms with Gasteiger partial charge in [-0.1, -0.05) is 42.5 Å². The minimum Gasteiger partial charge on any atom is -0.482 e. The Morgan fingerprint density at radius 3 is 2.32 bits per heavy atom. The first-order chi connectivity index (χ1) is 10.8. The van der Waals surface area contributed by atoms with Gasteiger partial charge >= 0.3 is 5.97 Å². The molecule has 3 nitrogen and oxygen atoms in total. The molecule has 0 fully saturated rings. The molecular weight excluding hydrogens is 276 g/mol. The summed E-state index contributed by atoms with van der Waals surface area (Å²) in [6.45, 7) is -0.0477. The fourth-order valence-electron chi connectivity index (χ4n) is 2.29. The van der Waals surface area contributed by atoms with Crippen LogP contribution >= 0.6 is 0 Å². The largest absolute Gasteiger partial charge is 0.482 e. The summed E-state index contributed by atoms with van der Waals surface area (Å²) in [5, 5.41) is 0. The smallest absolute Gasteiger partial charge is 0.343 e. The van der Waals surface area contributed by atoms with Gasteiger partial charge < -0.3 is 9.47 Å². The number of benzene rings is 2. The highest BCUT2D eigenvalue weighted by Gasteiger charge is 2.02. The van der Waals surface area contributed by atoms with E-state index in [1.54, 1.807) is 0 Å². The van der Waals surface area contributed by atoms with Crippen molar-refractivity contribution in [3.63, 3.8) is 0 Å². The number of esters is 1. The second kappa shape index (κ2) is 8.88. The molecular formula is C19H22O3. The average molecular weight is 298 g/mol. The Kier molecular flexibility index (Phi) is 6.49. The van der Waals surface area contributed by atoms with E-state index < -0.39 is 0 Å². The topological polar surface area (TPSA) is 35.5 Å². The Balaban J connectivity index is 1.74. The number of ether oxygens (including phenoxy) is 2. The Bertz CT molecular complexity index is 578. The van der Waals surface area contributed by atoms with Crippen LogP contribution < -0.4 is 4.74 Å². The van der Waals surface area contributed by atoms with Gasteiger partial charge in [0, 0.05) is 0 Å². The number of hydrogen-bond donors (Lipinski definition) is 0. The molecule has 2 aromatic rings. The summed E-state index contributed by atoms with van der Waals surface area (Å²) in [6, 6.07) is 18.4. The van der Waals surface area contributed by atoms with Crippen molar-refractivity contribution in [2.24, 2.45) is 0 Å². The number of aryl methyl sites for hydroxylation is 2. The van der Waals surface area contributed by atoms with Crippen molar-refractivity contribution in [1.82, 2.24) is 0 Å². The highest BCUT2D eigenvalue weighted by molar-refractivity contribution is 5.70. The first-order valence-electron chi connectivity index (χ1n) is 7.60. The molecule has 0 spiro atoms. The summed E-state index contributed by atoms with van der Waals surface area (Å²) in [4.78, 5) is 11.1. The predicted molar refractivity (Wildman–Crippen MR) is 87.0 cm³/mol. The minimum absolute atomic E-state index is 0.0477. The van der Waals surface area contributed by atoms with Crippen LogP contribution in [-0.2, 0) is 22.4 Å². The zero-order chi connectivity index (χ0) is 15.6. The molecule has 0 heterocycles. The van der Waals surface area contributed by atoms with E-state index in [4.69, 9.17) is 4.74 Å². The SMILES string of the molecule is COC(=O)COc1cccc(CCCCc2ccccc2)c1. The highest BCUT2D eigenvalue weighted by Crippen LogP contribution is 2.16. The third kappa shape index (κ3) is 5.60. The molecule has 0 saturated carbocycles. The molecule has 0 aliphatic rings. The second-order valence-electron chi connectivity index (χ2n) is 5.20. The molecule has 0 aliphatic heterocycles. The van der Waals surface area contributed by atoms with Gasteiger partial charge in [-0.15, -0.1) is 0 Å². The molecule has 0 aromatic heterocycles. The van der Waals surface area contributed by atoms with E-state index in [1.807, 2.05) is 24.3 Å². The van der Waals surface area contributed by atoms with E-state index in [9.17, 15) is 4.79 Å². The Morgan fingerprint density at radius 1 is 0.909 bits per heavy atom. The van der Waals surface area contributed by atoms with Gasteiger partial charge in [-0.25, -0.2) is 4.79 Å². The van der Waals surface area contributed by atoms with E-state index in [0.717, 1.165) is 25.7 Å². The Morgan fingerprint density at radius 2 is 1.59 bits per heavy atom. The molecule has 22 heavy (non-hydrogen) atoms. The number of rotatable bonds is 8. The third-order valence-electron chi connectivity index (χ3n) is 3.51. The monoisotopic (exact) mass is 298 g/mol.